The molecule has 9 heteroatoms. The van der Waals surface area contributed by atoms with E-state index in [1.807, 2.05) is 49.4 Å². The highest BCUT2D eigenvalue weighted by Crippen LogP contribution is 2.35. The molecule has 0 unspecified atom stereocenters. The van der Waals surface area contributed by atoms with Gasteiger partial charge < -0.3 is 18.6 Å². The van der Waals surface area contributed by atoms with Crippen LogP contribution in [-0.2, 0) is 16.0 Å². The number of esters is 1. The number of allylic oxidation sites excluding steroid dienone is 1. The summed E-state index contributed by atoms with van der Waals surface area (Å²) < 4.78 is 23.9. The number of nitrogens with zero attached hydrogens (tertiary/aromatic N) is 3. The minimum Gasteiger partial charge on any atom is -0.490 e. The van der Waals surface area contributed by atoms with Crippen molar-refractivity contribution in [2.24, 2.45) is 5.10 Å². The lowest BCUT2D eigenvalue weighted by molar-refractivity contribution is -0.147. The summed E-state index contributed by atoms with van der Waals surface area (Å²) in [7, 11) is 1.30. The highest BCUT2D eigenvalue weighted by molar-refractivity contribution is 5.85. The van der Waals surface area contributed by atoms with Gasteiger partial charge in [-0.25, -0.2) is 9.78 Å². The first-order valence-corrected chi connectivity index (χ1v) is 13.1. The number of hydrogen-bond donors (Lipinski definition) is 0. The molecule has 0 bridgehead atoms. The SMILES string of the molecule is C=CCc1cc(C=Nn2c(-c3cc4ccccc4o3)nc3ccccc3c2=O)cc(OCC)c1O[C@H](C)C(=O)OC. The van der Waals surface area contributed by atoms with Crippen molar-refractivity contribution in [1.29, 1.82) is 0 Å². The second-order valence-corrected chi connectivity index (χ2v) is 9.18. The minimum absolute atomic E-state index is 0.268. The van der Waals surface area contributed by atoms with Gasteiger partial charge in [-0.1, -0.05) is 36.4 Å². The third kappa shape index (κ3) is 5.60. The number of carbonyl (C=O) groups excluding carboxylic acids is 1. The van der Waals surface area contributed by atoms with Gasteiger partial charge in [0.15, 0.2) is 23.4 Å². The Kier molecular flexibility index (Phi) is 7.96. The molecule has 0 fully saturated rings. The number of methoxy groups -OCH3 is 1. The molecule has 0 radical (unpaired) electrons. The number of hydrogen-bond acceptors (Lipinski definition) is 8. The second-order valence-electron chi connectivity index (χ2n) is 9.18. The Morgan fingerprint density at radius 2 is 1.93 bits per heavy atom. The van der Waals surface area contributed by atoms with Crippen LogP contribution in [0.4, 0.5) is 0 Å². The van der Waals surface area contributed by atoms with Crippen LogP contribution in [-0.4, -0.2) is 41.7 Å². The molecule has 2 heterocycles. The number of carbonyl (C=O) groups is 1. The zero-order chi connectivity index (χ0) is 28.9. The zero-order valence-corrected chi connectivity index (χ0v) is 23.0. The van der Waals surface area contributed by atoms with Crippen LogP contribution in [0.3, 0.4) is 0 Å². The van der Waals surface area contributed by atoms with Crippen molar-refractivity contribution in [3.8, 4) is 23.1 Å². The predicted molar refractivity (Wildman–Crippen MR) is 158 cm³/mol. The molecule has 0 saturated carbocycles. The Balaban J connectivity index is 1.64. The maximum absolute atomic E-state index is 13.6. The Labute approximate surface area is 236 Å². The summed E-state index contributed by atoms with van der Waals surface area (Å²) in [4.78, 5) is 30.4. The summed E-state index contributed by atoms with van der Waals surface area (Å²) in [6.07, 6.45) is 2.86. The number of furan rings is 1. The molecule has 5 aromatic rings. The average molecular weight is 552 g/mol. The third-order valence-corrected chi connectivity index (χ3v) is 6.37. The van der Waals surface area contributed by atoms with Crippen molar-refractivity contribution >= 4 is 34.1 Å². The predicted octanol–water partition coefficient (Wildman–Crippen LogP) is 5.76. The van der Waals surface area contributed by atoms with Crippen LogP contribution in [0.25, 0.3) is 33.5 Å². The number of ether oxygens (including phenoxy) is 3. The van der Waals surface area contributed by atoms with Gasteiger partial charge >= 0.3 is 5.97 Å². The molecule has 3 aromatic carbocycles. The number of benzene rings is 3. The van der Waals surface area contributed by atoms with E-state index >= 15 is 0 Å². The van der Waals surface area contributed by atoms with Crippen LogP contribution >= 0.6 is 0 Å². The van der Waals surface area contributed by atoms with E-state index < -0.39 is 12.1 Å². The molecule has 0 N–H and O–H groups in total. The maximum atomic E-state index is 13.6. The van der Waals surface area contributed by atoms with Gasteiger partial charge in [-0.2, -0.15) is 9.78 Å². The summed E-state index contributed by atoms with van der Waals surface area (Å²) in [6.45, 7) is 7.66. The number of aromatic nitrogens is 2. The zero-order valence-electron chi connectivity index (χ0n) is 23.0. The molecular weight excluding hydrogens is 522 g/mol. The first kappa shape index (κ1) is 27.4. The van der Waals surface area contributed by atoms with Crippen LogP contribution in [0, 0.1) is 0 Å². The first-order chi connectivity index (χ1) is 19.9. The quantitative estimate of drug-likeness (QED) is 0.123. The summed E-state index contributed by atoms with van der Waals surface area (Å²) >= 11 is 0. The highest BCUT2D eigenvalue weighted by Gasteiger charge is 2.21. The molecule has 9 nitrogen and oxygen atoms in total. The molecule has 0 amide bonds. The van der Waals surface area contributed by atoms with Gasteiger partial charge in [0.2, 0.25) is 5.82 Å². The van der Waals surface area contributed by atoms with E-state index in [2.05, 4.69) is 11.7 Å². The largest absolute Gasteiger partial charge is 0.490 e. The van der Waals surface area contributed by atoms with Gasteiger partial charge in [-0.05, 0) is 62.2 Å². The van der Waals surface area contributed by atoms with E-state index in [-0.39, 0.29) is 11.4 Å². The topological polar surface area (TPSA) is 105 Å². The van der Waals surface area contributed by atoms with Crippen molar-refractivity contribution < 1.29 is 23.4 Å². The molecule has 5 rings (SSSR count). The molecule has 0 aliphatic rings. The number of fused-ring (bicyclic) bond motifs is 2. The molecule has 0 saturated heterocycles. The Hall–Kier alpha value is -5.18. The summed E-state index contributed by atoms with van der Waals surface area (Å²) in [6, 6.07) is 20.1. The van der Waals surface area contributed by atoms with Crippen molar-refractivity contribution in [3.05, 3.63) is 101 Å². The molecule has 0 aliphatic heterocycles. The molecule has 0 aliphatic carbocycles. The Morgan fingerprint density at radius 3 is 2.68 bits per heavy atom. The van der Waals surface area contributed by atoms with Gasteiger partial charge in [0, 0.05) is 10.9 Å². The van der Waals surface area contributed by atoms with Crippen LogP contribution in [0.1, 0.15) is 25.0 Å². The minimum atomic E-state index is -0.851. The smallest absolute Gasteiger partial charge is 0.346 e. The van der Waals surface area contributed by atoms with Crippen molar-refractivity contribution in [2.75, 3.05) is 13.7 Å². The molecule has 1 atom stereocenters. The van der Waals surface area contributed by atoms with Crippen LogP contribution in [0.15, 0.2) is 93.7 Å². The fourth-order valence-corrected chi connectivity index (χ4v) is 4.46. The van der Waals surface area contributed by atoms with E-state index in [4.69, 9.17) is 23.6 Å². The molecule has 41 heavy (non-hydrogen) atoms. The summed E-state index contributed by atoms with van der Waals surface area (Å²) in [5, 5.41) is 5.87. The Morgan fingerprint density at radius 1 is 1.15 bits per heavy atom. The number of para-hydroxylation sites is 2. The van der Waals surface area contributed by atoms with Crippen molar-refractivity contribution in [2.45, 2.75) is 26.4 Å². The fourth-order valence-electron chi connectivity index (χ4n) is 4.46. The van der Waals surface area contributed by atoms with E-state index in [1.54, 1.807) is 43.5 Å². The van der Waals surface area contributed by atoms with Crippen molar-refractivity contribution in [3.63, 3.8) is 0 Å². The third-order valence-electron chi connectivity index (χ3n) is 6.37. The molecule has 2 aromatic heterocycles. The molecular formula is C32H29N3O6. The standard InChI is InChI=1S/C32H29N3O6/c1-5-11-23-16-21(17-27(39-6-2)29(23)40-20(3)32(37)38-4)19-33-35-30(28-18-22-12-7-10-15-26(22)41-28)34-25-14-9-8-13-24(25)31(35)36/h5,7-10,12-20H,1,6,11H2,2-4H3/t20-/m1/s1. The first-order valence-electron chi connectivity index (χ1n) is 13.1. The lowest BCUT2D eigenvalue weighted by Crippen LogP contribution is -2.25. The van der Waals surface area contributed by atoms with Gasteiger partial charge in [0.1, 0.15) is 5.58 Å². The molecule has 0 spiro atoms. The fraction of sp³-hybridized carbons (Fsp3) is 0.188. The summed E-state index contributed by atoms with van der Waals surface area (Å²) in [5.74, 6) is 1.00. The Bertz CT molecular complexity index is 1800. The second kappa shape index (κ2) is 11.9. The van der Waals surface area contributed by atoms with Crippen LogP contribution in [0.2, 0.25) is 0 Å². The summed E-state index contributed by atoms with van der Waals surface area (Å²) in [5.41, 5.74) is 2.23. The average Bonchev–Trinajstić information content (AvgIpc) is 3.42. The van der Waals surface area contributed by atoms with E-state index in [0.29, 0.717) is 52.3 Å². The monoisotopic (exact) mass is 551 g/mol. The maximum Gasteiger partial charge on any atom is 0.346 e. The lowest BCUT2D eigenvalue weighted by Gasteiger charge is -2.19. The van der Waals surface area contributed by atoms with Gasteiger partial charge in [-0.15, -0.1) is 6.58 Å². The molecule has 208 valence electrons. The van der Waals surface area contributed by atoms with E-state index in [0.717, 1.165) is 10.9 Å². The van der Waals surface area contributed by atoms with Crippen LogP contribution < -0.4 is 15.0 Å². The normalized spacial score (nSPS) is 12.1. The number of rotatable bonds is 10. The lowest BCUT2D eigenvalue weighted by atomic mass is 10.1. The van der Waals surface area contributed by atoms with Gasteiger partial charge in [0.05, 0.1) is 30.8 Å². The van der Waals surface area contributed by atoms with Crippen LogP contribution in [0.5, 0.6) is 11.5 Å². The van der Waals surface area contributed by atoms with Gasteiger partial charge in [-0.3, -0.25) is 4.79 Å². The highest BCUT2D eigenvalue weighted by atomic mass is 16.6. The van der Waals surface area contributed by atoms with Crippen molar-refractivity contribution in [1.82, 2.24) is 9.66 Å². The van der Waals surface area contributed by atoms with E-state index in [1.165, 1.54) is 11.8 Å². The van der Waals surface area contributed by atoms with E-state index in [9.17, 15) is 9.59 Å². The van der Waals surface area contributed by atoms with Gasteiger partial charge in [0.25, 0.3) is 5.56 Å².